The predicted octanol–water partition coefficient (Wildman–Crippen LogP) is 3.67. The van der Waals surface area contributed by atoms with Crippen molar-refractivity contribution in [1.29, 1.82) is 0 Å². The highest BCUT2D eigenvalue weighted by atomic mass is 35.5. The largest absolute Gasteiger partial charge is 0.348 e. The normalized spacial score (nSPS) is 11.3. The summed E-state index contributed by atoms with van der Waals surface area (Å²) >= 11 is 5.68. The smallest absolute Gasteiger partial charge is 0.273 e. The second-order valence-corrected chi connectivity index (χ2v) is 5.18. The van der Waals surface area contributed by atoms with Gasteiger partial charge in [0.25, 0.3) is 12.3 Å². The molecule has 2 heterocycles. The summed E-state index contributed by atoms with van der Waals surface area (Å²) in [5, 5.41) is 6.67. The van der Waals surface area contributed by atoms with Crippen molar-refractivity contribution in [3.05, 3.63) is 47.0 Å². The molecular formula is C14H10ClF3N4O. The van der Waals surface area contributed by atoms with E-state index in [-0.39, 0.29) is 22.1 Å². The summed E-state index contributed by atoms with van der Waals surface area (Å²) in [6.45, 7) is -0.564. The fourth-order valence-corrected chi connectivity index (χ4v) is 2.27. The number of aromatic amines is 1. The van der Waals surface area contributed by atoms with Crippen molar-refractivity contribution in [3.8, 4) is 0 Å². The Balaban J connectivity index is 1.80. The van der Waals surface area contributed by atoms with Crippen LogP contribution in [0.3, 0.4) is 0 Å². The summed E-state index contributed by atoms with van der Waals surface area (Å²) in [6, 6.07) is 5.81. The number of carbonyl (C=O) groups excluding carboxylic acids is 1. The van der Waals surface area contributed by atoms with E-state index in [0.29, 0.717) is 5.39 Å². The first-order valence-corrected chi connectivity index (χ1v) is 6.91. The van der Waals surface area contributed by atoms with Crippen molar-refractivity contribution < 1.29 is 18.0 Å². The van der Waals surface area contributed by atoms with Gasteiger partial charge in [0, 0.05) is 17.6 Å². The van der Waals surface area contributed by atoms with Gasteiger partial charge in [-0.25, -0.2) is 13.2 Å². The molecule has 0 fully saturated rings. The van der Waals surface area contributed by atoms with Gasteiger partial charge in [0.2, 0.25) is 0 Å². The zero-order chi connectivity index (χ0) is 16.6. The van der Waals surface area contributed by atoms with Crippen LogP contribution < -0.4 is 5.32 Å². The van der Waals surface area contributed by atoms with Gasteiger partial charge in [-0.05, 0) is 12.1 Å². The molecule has 0 saturated carbocycles. The van der Waals surface area contributed by atoms with Gasteiger partial charge in [0.15, 0.2) is 11.6 Å². The van der Waals surface area contributed by atoms with Crippen LogP contribution in [0, 0.1) is 5.82 Å². The minimum atomic E-state index is -2.54. The second kappa shape index (κ2) is 5.96. The molecule has 23 heavy (non-hydrogen) atoms. The van der Waals surface area contributed by atoms with Crippen LogP contribution in [0.25, 0.3) is 10.9 Å². The van der Waals surface area contributed by atoms with E-state index in [1.54, 1.807) is 6.07 Å². The number of anilines is 1. The number of nitrogens with zero attached hydrogens (tertiary/aromatic N) is 2. The van der Waals surface area contributed by atoms with Crippen molar-refractivity contribution in [2.75, 3.05) is 5.32 Å². The van der Waals surface area contributed by atoms with E-state index in [4.69, 9.17) is 11.6 Å². The summed E-state index contributed by atoms with van der Waals surface area (Å²) in [5.41, 5.74) is 0.218. The number of benzene rings is 1. The average Bonchev–Trinajstić information content (AvgIpc) is 3.09. The Morgan fingerprint density at radius 2 is 2.17 bits per heavy atom. The van der Waals surface area contributed by atoms with Crippen LogP contribution in [0.5, 0.6) is 0 Å². The number of hydrogen-bond donors (Lipinski definition) is 2. The number of hydrogen-bond acceptors (Lipinski definition) is 2. The van der Waals surface area contributed by atoms with Crippen LogP contribution >= 0.6 is 11.6 Å². The monoisotopic (exact) mass is 342 g/mol. The predicted molar refractivity (Wildman–Crippen MR) is 79.5 cm³/mol. The zero-order valence-electron chi connectivity index (χ0n) is 11.5. The number of fused-ring (bicyclic) bond motifs is 1. The molecule has 0 bridgehead atoms. The first-order valence-electron chi connectivity index (χ1n) is 6.53. The van der Waals surface area contributed by atoms with Crippen molar-refractivity contribution in [2.45, 2.75) is 13.0 Å². The number of halogens is 4. The maximum atomic E-state index is 13.8. The highest BCUT2D eigenvalue weighted by Crippen LogP contribution is 2.25. The van der Waals surface area contributed by atoms with Crippen LogP contribution in [-0.4, -0.2) is 27.1 Å². The number of alkyl halides is 2. The molecule has 120 valence electrons. The molecule has 3 aromatic rings. The highest BCUT2D eigenvalue weighted by molar-refractivity contribution is 6.31. The molecule has 0 aliphatic carbocycles. The summed E-state index contributed by atoms with van der Waals surface area (Å²) in [4.78, 5) is 14.8. The lowest BCUT2D eigenvalue weighted by molar-refractivity contribution is 0.102. The van der Waals surface area contributed by atoms with Crippen molar-refractivity contribution in [2.24, 2.45) is 0 Å². The Labute approximate surface area is 133 Å². The van der Waals surface area contributed by atoms with Crippen LogP contribution in [0.15, 0.2) is 30.5 Å². The van der Waals surface area contributed by atoms with Crippen LogP contribution in [0.4, 0.5) is 19.0 Å². The first-order chi connectivity index (χ1) is 10.9. The molecule has 0 spiro atoms. The minimum Gasteiger partial charge on any atom is -0.348 e. The lowest BCUT2D eigenvalue weighted by Gasteiger charge is -2.00. The number of aromatic nitrogens is 3. The number of carbonyl (C=O) groups is 1. The van der Waals surface area contributed by atoms with Gasteiger partial charge in [-0.2, -0.15) is 5.10 Å². The van der Waals surface area contributed by atoms with E-state index in [2.05, 4.69) is 15.4 Å². The molecule has 2 aromatic heterocycles. The lowest BCUT2D eigenvalue weighted by atomic mass is 10.2. The van der Waals surface area contributed by atoms with Crippen LogP contribution in [0.1, 0.15) is 10.5 Å². The van der Waals surface area contributed by atoms with E-state index in [1.165, 1.54) is 24.4 Å². The molecule has 0 aliphatic rings. The summed E-state index contributed by atoms with van der Waals surface area (Å²) in [7, 11) is 0. The topological polar surface area (TPSA) is 62.7 Å². The number of rotatable bonds is 4. The Morgan fingerprint density at radius 3 is 2.91 bits per heavy atom. The maximum Gasteiger partial charge on any atom is 0.273 e. The maximum absolute atomic E-state index is 13.8. The van der Waals surface area contributed by atoms with E-state index >= 15 is 0 Å². The van der Waals surface area contributed by atoms with Gasteiger partial charge in [0.05, 0.1) is 10.5 Å². The van der Waals surface area contributed by atoms with E-state index in [0.717, 1.165) is 4.68 Å². The molecule has 0 atom stereocenters. The zero-order valence-corrected chi connectivity index (χ0v) is 12.2. The third-order valence-electron chi connectivity index (χ3n) is 3.14. The molecule has 0 saturated heterocycles. The van der Waals surface area contributed by atoms with Gasteiger partial charge < -0.3 is 10.3 Å². The Bertz CT molecular complexity index is 874. The van der Waals surface area contributed by atoms with Crippen molar-refractivity contribution in [1.82, 2.24) is 14.8 Å². The van der Waals surface area contributed by atoms with Crippen LogP contribution in [0.2, 0.25) is 5.02 Å². The standard InChI is InChI=1S/C14H10ClF3N4O/c15-8-2-1-7-5-9(19-13(7)12(8)18)14(23)20-11-3-4-22(21-11)6-10(16)17/h1-5,10,19H,6H2,(H,20,21,23). The Kier molecular flexibility index (Phi) is 3.99. The van der Waals surface area contributed by atoms with E-state index in [9.17, 15) is 18.0 Å². The molecule has 1 aromatic carbocycles. The molecule has 5 nitrogen and oxygen atoms in total. The molecule has 0 radical (unpaired) electrons. The second-order valence-electron chi connectivity index (χ2n) is 4.78. The first kappa shape index (κ1) is 15.4. The fourth-order valence-electron chi connectivity index (χ4n) is 2.12. The van der Waals surface area contributed by atoms with Gasteiger partial charge in [-0.15, -0.1) is 0 Å². The highest BCUT2D eigenvalue weighted by Gasteiger charge is 2.15. The number of nitrogens with one attached hydrogen (secondary N) is 2. The van der Waals surface area contributed by atoms with Gasteiger partial charge in [-0.3, -0.25) is 9.48 Å². The molecular weight excluding hydrogens is 333 g/mol. The molecule has 2 N–H and O–H groups in total. The molecule has 0 aliphatic heterocycles. The molecule has 3 rings (SSSR count). The fraction of sp³-hybridized carbons (Fsp3) is 0.143. The summed E-state index contributed by atoms with van der Waals surface area (Å²) in [6.07, 6.45) is -1.22. The molecule has 0 unspecified atom stereocenters. The molecule has 9 heteroatoms. The van der Waals surface area contributed by atoms with Crippen molar-refractivity contribution in [3.63, 3.8) is 0 Å². The Morgan fingerprint density at radius 1 is 1.39 bits per heavy atom. The Hall–Kier alpha value is -2.48. The third-order valence-corrected chi connectivity index (χ3v) is 3.43. The van der Waals surface area contributed by atoms with Crippen LogP contribution in [-0.2, 0) is 6.54 Å². The van der Waals surface area contributed by atoms with Gasteiger partial charge >= 0.3 is 0 Å². The summed E-state index contributed by atoms with van der Waals surface area (Å²) < 4.78 is 39.4. The SMILES string of the molecule is O=C(Nc1ccn(CC(F)F)n1)c1cc2ccc(Cl)c(F)c2[nH]1. The average molecular weight is 343 g/mol. The van der Waals surface area contributed by atoms with E-state index < -0.39 is 24.7 Å². The third kappa shape index (κ3) is 3.16. The van der Waals surface area contributed by atoms with Gasteiger partial charge in [0.1, 0.15) is 12.2 Å². The van der Waals surface area contributed by atoms with Crippen molar-refractivity contribution >= 4 is 34.2 Å². The molecule has 1 amide bonds. The number of amides is 1. The van der Waals surface area contributed by atoms with E-state index in [1.807, 2.05) is 0 Å². The lowest BCUT2D eigenvalue weighted by Crippen LogP contribution is -2.13. The minimum absolute atomic E-state index is 0.0583. The van der Waals surface area contributed by atoms with Gasteiger partial charge in [-0.1, -0.05) is 17.7 Å². The summed E-state index contributed by atoms with van der Waals surface area (Å²) in [5.74, 6) is -1.10. The number of H-pyrrole nitrogens is 1. The quantitative estimate of drug-likeness (QED) is 0.760.